The van der Waals surface area contributed by atoms with Gasteiger partial charge in [-0.25, -0.2) is 8.78 Å². The lowest BCUT2D eigenvalue weighted by atomic mass is 9.96. The van der Waals surface area contributed by atoms with Crippen LogP contribution < -0.4 is 4.74 Å². The molecule has 0 fully saturated rings. The van der Waals surface area contributed by atoms with Crippen molar-refractivity contribution in [1.82, 2.24) is 9.55 Å². The van der Waals surface area contributed by atoms with Gasteiger partial charge >= 0.3 is 0 Å². The van der Waals surface area contributed by atoms with Crippen LogP contribution in [0.25, 0.3) is 10.9 Å². The van der Waals surface area contributed by atoms with E-state index >= 15 is 0 Å². The van der Waals surface area contributed by atoms with Gasteiger partial charge in [-0.1, -0.05) is 32.9 Å². The second-order valence-electron chi connectivity index (χ2n) is 9.02. The first-order valence-electron chi connectivity index (χ1n) is 12.0. The number of Topliss-reactive ketones (excluding diaryl/α,β-unsaturated/α-hetero) is 1. The molecule has 0 aliphatic carbocycles. The van der Waals surface area contributed by atoms with Crippen LogP contribution in [0.15, 0.2) is 60.8 Å². The van der Waals surface area contributed by atoms with Crippen molar-refractivity contribution in [2.45, 2.75) is 52.5 Å². The number of benzene rings is 2. The molecule has 0 amide bonds. The molecule has 4 nitrogen and oxygen atoms in total. The van der Waals surface area contributed by atoms with Gasteiger partial charge in [-0.05, 0) is 60.7 Å². The van der Waals surface area contributed by atoms with Crippen molar-refractivity contribution in [3.63, 3.8) is 0 Å². The van der Waals surface area contributed by atoms with Crippen LogP contribution in [-0.4, -0.2) is 21.9 Å². The first-order valence-corrected chi connectivity index (χ1v) is 12.0. The largest absolute Gasteiger partial charge is 0.494 e. The fraction of sp³-hybridized carbons (Fsp3) is 0.310. The molecule has 0 unspecified atom stereocenters. The molecular weight excluding hydrogens is 446 g/mol. The van der Waals surface area contributed by atoms with Gasteiger partial charge in [-0.3, -0.25) is 9.78 Å². The van der Waals surface area contributed by atoms with E-state index in [-0.39, 0.29) is 18.1 Å². The summed E-state index contributed by atoms with van der Waals surface area (Å²) >= 11 is 0. The van der Waals surface area contributed by atoms with Gasteiger partial charge in [-0.2, -0.15) is 0 Å². The van der Waals surface area contributed by atoms with E-state index in [4.69, 9.17) is 4.74 Å². The smallest absolute Gasteiger partial charge is 0.165 e. The molecule has 0 N–H and O–H groups in total. The molecule has 2 aromatic carbocycles. The standard InChI is InChI=1S/C29H30F2N2O2/c1-4-15-35-22-10-11-23-26(17-22)33(18-21-7-5-6-14-32-21)29(19(2)3)28(23)27(34)13-9-20-8-12-24(30)25(31)16-20/h5-8,10-12,14,16-17,19H,4,9,13,15,18H2,1-3H3. The van der Waals surface area contributed by atoms with E-state index in [9.17, 15) is 13.6 Å². The van der Waals surface area contributed by atoms with Gasteiger partial charge < -0.3 is 9.30 Å². The Labute approximate surface area is 204 Å². The highest BCUT2D eigenvalue weighted by molar-refractivity contribution is 6.10. The Balaban J connectivity index is 1.77. The molecule has 4 rings (SSSR count). The van der Waals surface area contributed by atoms with Crippen LogP contribution in [0.5, 0.6) is 5.75 Å². The number of pyridine rings is 1. The van der Waals surface area contributed by atoms with Gasteiger partial charge in [0.1, 0.15) is 5.75 Å². The Morgan fingerprint density at radius 2 is 1.89 bits per heavy atom. The number of rotatable bonds is 10. The van der Waals surface area contributed by atoms with Gasteiger partial charge in [0, 0.05) is 35.3 Å². The van der Waals surface area contributed by atoms with Crippen LogP contribution >= 0.6 is 0 Å². The van der Waals surface area contributed by atoms with Crippen molar-refractivity contribution in [3.05, 3.63) is 94.9 Å². The second kappa shape index (κ2) is 10.8. The molecular formula is C29H30F2N2O2. The highest BCUT2D eigenvalue weighted by atomic mass is 19.2. The molecule has 35 heavy (non-hydrogen) atoms. The van der Waals surface area contributed by atoms with Gasteiger partial charge in [0.05, 0.1) is 24.4 Å². The minimum absolute atomic E-state index is 0.0227. The number of hydrogen-bond donors (Lipinski definition) is 0. The summed E-state index contributed by atoms with van der Waals surface area (Å²) in [4.78, 5) is 18.1. The van der Waals surface area contributed by atoms with Crippen LogP contribution in [0.2, 0.25) is 0 Å². The normalized spacial score (nSPS) is 11.4. The summed E-state index contributed by atoms with van der Waals surface area (Å²) in [6, 6.07) is 15.4. The maximum atomic E-state index is 13.7. The average molecular weight is 477 g/mol. The number of ether oxygens (including phenoxy) is 1. The van der Waals surface area contributed by atoms with Gasteiger partial charge in [-0.15, -0.1) is 0 Å². The lowest BCUT2D eigenvalue weighted by Gasteiger charge is -2.15. The second-order valence-corrected chi connectivity index (χ2v) is 9.02. The van der Waals surface area contributed by atoms with Crippen LogP contribution in [0.3, 0.4) is 0 Å². The molecule has 0 spiro atoms. The van der Waals surface area contributed by atoms with Crippen molar-refractivity contribution < 1.29 is 18.3 Å². The Kier molecular flexibility index (Phi) is 7.59. The highest BCUT2D eigenvalue weighted by Gasteiger charge is 2.25. The minimum atomic E-state index is -0.899. The van der Waals surface area contributed by atoms with Gasteiger partial charge in [0.15, 0.2) is 17.4 Å². The van der Waals surface area contributed by atoms with E-state index in [0.29, 0.717) is 30.7 Å². The molecule has 182 valence electrons. The van der Waals surface area contributed by atoms with E-state index in [1.165, 1.54) is 6.07 Å². The van der Waals surface area contributed by atoms with Crippen LogP contribution in [0, 0.1) is 11.6 Å². The number of nitrogens with zero attached hydrogens (tertiary/aromatic N) is 2. The third kappa shape index (κ3) is 5.42. The number of aromatic nitrogens is 2. The lowest BCUT2D eigenvalue weighted by molar-refractivity contribution is 0.0982. The molecule has 0 aliphatic rings. The number of hydrogen-bond acceptors (Lipinski definition) is 3. The van der Waals surface area contributed by atoms with Gasteiger partial charge in [0.2, 0.25) is 0 Å². The predicted molar refractivity (Wildman–Crippen MR) is 134 cm³/mol. The first-order chi connectivity index (χ1) is 16.9. The molecule has 0 radical (unpaired) electrons. The molecule has 0 saturated heterocycles. The summed E-state index contributed by atoms with van der Waals surface area (Å²) in [6.45, 7) is 7.35. The monoisotopic (exact) mass is 476 g/mol. The lowest BCUT2D eigenvalue weighted by Crippen LogP contribution is -2.11. The molecule has 6 heteroatoms. The fourth-order valence-electron chi connectivity index (χ4n) is 4.45. The molecule has 2 aromatic heterocycles. The van der Waals surface area contributed by atoms with E-state index in [2.05, 4.69) is 30.3 Å². The number of carbonyl (C=O) groups is 1. The van der Waals surface area contributed by atoms with E-state index < -0.39 is 11.6 Å². The summed E-state index contributed by atoms with van der Waals surface area (Å²) in [6.07, 6.45) is 3.19. The number of carbonyl (C=O) groups excluding carboxylic acids is 1. The zero-order chi connectivity index (χ0) is 24.9. The number of ketones is 1. The first kappa shape index (κ1) is 24.6. The zero-order valence-corrected chi connectivity index (χ0v) is 20.4. The summed E-state index contributed by atoms with van der Waals surface area (Å²) < 4.78 is 35.0. The maximum Gasteiger partial charge on any atom is 0.165 e. The summed E-state index contributed by atoms with van der Waals surface area (Å²) in [5.41, 5.74) is 4.02. The molecule has 0 bridgehead atoms. The molecule has 0 aliphatic heterocycles. The third-order valence-electron chi connectivity index (χ3n) is 6.05. The van der Waals surface area contributed by atoms with E-state index in [1.54, 1.807) is 6.20 Å². The maximum absolute atomic E-state index is 13.7. The fourth-order valence-corrected chi connectivity index (χ4v) is 4.45. The molecule has 0 atom stereocenters. The summed E-state index contributed by atoms with van der Waals surface area (Å²) in [5.74, 6) is -0.973. The van der Waals surface area contributed by atoms with Crippen molar-refractivity contribution in [2.24, 2.45) is 0 Å². The van der Waals surface area contributed by atoms with Crippen LogP contribution in [0.4, 0.5) is 8.78 Å². The van der Waals surface area contributed by atoms with Crippen molar-refractivity contribution in [2.75, 3.05) is 6.61 Å². The van der Waals surface area contributed by atoms with E-state index in [1.807, 2.05) is 36.4 Å². The van der Waals surface area contributed by atoms with Gasteiger partial charge in [0.25, 0.3) is 0 Å². The summed E-state index contributed by atoms with van der Waals surface area (Å²) in [5, 5.41) is 0.865. The van der Waals surface area contributed by atoms with Crippen molar-refractivity contribution in [3.8, 4) is 5.75 Å². The predicted octanol–water partition coefficient (Wildman–Crippen LogP) is 7.09. The quantitative estimate of drug-likeness (QED) is 0.230. The minimum Gasteiger partial charge on any atom is -0.494 e. The summed E-state index contributed by atoms with van der Waals surface area (Å²) in [7, 11) is 0. The van der Waals surface area contributed by atoms with Crippen molar-refractivity contribution in [1.29, 1.82) is 0 Å². The zero-order valence-electron chi connectivity index (χ0n) is 20.4. The Bertz CT molecular complexity index is 1330. The Hall–Kier alpha value is -3.54. The molecule has 2 heterocycles. The van der Waals surface area contributed by atoms with E-state index in [0.717, 1.165) is 46.6 Å². The number of aryl methyl sites for hydroxylation is 1. The van der Waals surface area contributed by atoms with Crippen molar-refractivity contribution >= 4 is 16.7 Å². The molecule has 0 saturated carbocycles. The Morgan fingerprint density at radius 1 is 1.06 bits per heavy atom. The number of halogens is 2. The third-order valence-corrected chi connectivity index (χ3v) is 6.05. The topological polar surface area (TPSA) is 44.1 Å². The van der Waals surface area contributed by atoms with Crippen LogP contribution in [-0.2, 0) is 13.0 Å². The van der Waals surface area contributed by atoms with Crippen LogP contribution in [0.1, 0.15) is 66.8 Å². The highest BCUT2D eigenvalue weighted by Crippen LogP contribution is 2.35. The molecule has 4 aromatic rings. The average Bonchev–Trinajstić information content (AvgIpc) is 3.17. The Morgan fingerprint density at radius 3 is 2.57 bits per heavy atom. The SMILES string of the molecule is CCCOc1ccc2c(C(=O)CCc3ccc(F)c(F)c3)c(C(C)C)n(Cc3ccccn3)c2c1. The number of fused-ring (bicyclic) bond motifs is 1.